The van der Waals surface area contributed by atoms with E-state index in [-0.39, 0.29) is 5.91 Å². The van der Waals surface area contributed by atoms with Crippen molar-refractivity contribution in [2.45, 2.75) is 32.1 Å². The van der Waals surface area contributed by atoms with Crippen LogP contribution in [0.3, 0.4) is 0 Å². The Hall–Kier alpha value is -1.03. The van der Waals surface area contributed by atoms with Gasteiger partial charge in [-0.2, -0.15) is 0 Å². The zero-order valence-electron chi connectivity index (χ0n) is 11.0. The number of aromatic nitrogens is 1. The lowest BCUT2D eigenvalue weighted by molar-refractivity contribution is -0.128. The van der Waals surface area contributed by atoms with E-state index in [1.54, 1.807) is 11.8 Å². The van der Waals surface area contributed by atoms with Gasteiger partial charge in [0.15, 0.2) is 0 Å². The molecule has 18 heavy (non-hydrogen) atoms. The molecule has 1 aromatic rings. The molecular formula is C14H20N2OS. The van der Waals surface area contributed by atoms with Gasteiger partial charge in [0.1, 0.15) is 0 Å². The van der Waals surface area contributed by atoms with Gasteiger partial charge in [-0.3, -0.25) is 9.78 Å². The summed E-state index contributed by atoms with van der Waals surface area (Å²) < 4.78 is 0. The maximum absolute atomic E-state index is 11.9. The van der Waals surface area contributed by atoms with Crippen molar-refractivity contribution in [1.29, 1.82) is 0 Å². The second-order valence-electron chi connectivity index (χ2n) is 4.75. The minimum Gasteiger partial charge on any atom is -0.329 e. The molecule has 0 spiro atoms. The molecule has 1 amide bonds. The van der Waals surface area contributed by atoms with Gasteiger partial charge in [-0.05, 0) is 18.1 Å². The summed E-state index contributed by atoms with van der Waals surface area (Å²) in [5.41, 5.74) is 1.06. The fraction of sp³-hybridized carbons (Fsp3) is 0.571. The Morgan fingerprint density at radius 2 is 2.39 bits per heavy atom. The van der Waals surface area contributed by atoms with E-state index in [1.165, 1.54) is 0 Å². The number of amides is 1. The second kappa shape index (κ2) is 6.23. The molecular weight excluding hydrogens is 244 g/mol. The van der Waals surface area contributed by atoms with E-state index in [1.807, 2.05) is 29.3 Å². The fourth-order valence-electron chi connectivity index (χ4n) is 2.18. The van der Waals surface area contributed by atoms with Crippen LogP contribution >= 0.6 is 11.8 Å². The Balaban J connectivity index is 1.96. The molecule has 2 rings (SSSR count). The molecule has 98 valence electrons. The Morgan fingerprint density at radius 1 is 1.56 bits per heavy atom. The van der Waals surface area contributed by atoms with Gasteiger partial charge >= 0.3 is 0 Å². The van der Waals surface area contributed by atoms with E-state index in [2.05, 4.69) is 18.8 Å². The monoisotopic (exact) mass is 264 g/mol. The SMILES string of the molecule is CCC(C)C1SCC(=O)N1CCc1ccccn1. The van der Waals surface area contributed by atoms with E-state index in [0.29, 0.717) is 17.0 Å². The summed E-state index contributed by atoms with van der Waals surface area (Å²) in [6.45, 7) is 5.20. The highest BCUT2D eigenvalue weighted by Gasteiger charge is 2.34. The Labute approximate surface area is 113 Å². The standard InChI is InChI=1S/C14H20N2OS/c1-3-11(2)14-16(13(17)10-18-14)9-7-12-6-4-5-8-15-12/h4-6,8,11,14H,3,7,9-10H2,1-2H3. The molecule has 2 heterocycles. The number of nitrogens with zero attached hydrogens (tertiary/aromatic N) is 2. The quantitative estimate of drug-likeness (QED) is 0.819. The number of rotatable bonds is 5. The maximum Gasteiger partial charge on any atom is 0.233 e. The van der Waals surface area contributed by atoms with E-state index >= 15 is 0 Å². The van der Waals surface area contributed by atoms with Crippen LogP contribution in [0.25, 0.3) is 0 Å². The maximum atomic E-state index is 11.9. The molecule has 2 unspecified atom stereocenters. The molecule has 1 aliphatic rings. The van der Waals surface area contributed by atoms with E-state index < -0.39 is 0 Å². The summed E-state index contributed by atoms with van der Waals surface area (Å²) >= 11 is 1.78. The summed E-state index contributed by atoms with van der Waals surface area (Å²) in [5, 5.41) is 0.353. The van der Waals surface area contributed by atoms with Crippen molar-refractivity contribution in [1.82, 2.24) is 9.88 Å². The summed E-state index contributed by atoms with van der Waals surface area (Å²) in [4.78, 5) is 18.3. The molecule has 0 aromatic carbocycles. The first-order valence-corrected chi connectivity index (χ1v) is 7.58. The smallest absolute Gasteiger partial charge is 0.233 e. The van der Waals surface area contributed by atoms with Gasteiger partial charge in [-0.25, -0.2) is 0 Å². The third-order valence-electron chi connectivity index (χ3n) is 3.47. The van der Waals surface area contributed by atoms with Crippen LogP contribution in [0.1, 0.15) is 26.0 Å². The van der Waals surface area contributed by atoms with Crippen LogP contribution in [0.5, 0.6) is 0 Å². The van der Waals surface area contributed by atoms with Crippen LogP contribution in [-0.2, 0) is 11.2 Å². The van der Waals surface area contributed by atoms with Gasteiger partial charge in [0.05, 0.1) is 11.1 Å². The molecule has 0 radical (unpaired) electrons. The first-order chi connectivity index (χ1) is 8.72. The molecule has 1 fully saturated rings. The Bertz CT molecular complexity index is 396. The summed E-state index contributed by atoms with van der Waals surface area (Å²) in [6, 6.07) is 5.93. The number of pyridine rings is 1. The van der Waals surface area contributed by atoms with Crippen LogP contribution in [0.4, 0.5) is 0 Å². The van der Waals surface area contributed by atoms with Gasteiger partial charge in [0, 0.05) is 24.9 Å². The molecule has 2 atom stereocenters. The largest absolute Gasteiger partial charge is 0.329 e. The van der Waals surface area contributed by atoms with Gasteiger partial charge in [0.25, 0.3) is 0 Å². The van der Waals surface area contributed by atoms with E-state index in [4.69, 9.17) is 0 Å². The molecule has 4 heteroatoms. The molecule has 1 saturated heterocycles. The summed E-state index contributed by atoms with van der Waals surface area (Å²) in [6.07, 6.45) is 3.77. The first-order valence-electron chi connectivity index (χ1n) is 6.53. The van der Waals surface area contributed by atoms with Crippen molar-refractivity contribution in [3.8, 4) is 0 Å². The van der Waals surface area contributed by atoms with Gasteiger partial charge in [0.2, 0.25) is 5.91 Å². The predicted octanol–water partition coefficient (Wildman–Crippen LogP) is 2.57. The zero-order valence-corrected chi connectivity index (χ0v) is 11.8. The number of thioether (sulfide) groups is 1. The normalized spacial score (nSPS) is 21.3. The number of carbonyl (C=O) groups is 1. The minimum absolute atomic E-state index is 0.279. The van der Waals surface area contributed by atoms with Crippen molar-refractivity contribution in [2.24, 2.45) is 5.92 Å². The van der Waals surface area contributed by atoms with Crippen LogP contribution in [0.15, 0.2) is 24.4 Å². The van der Waals surface area contributed by atoms with Crippen molar-refractivity contribution in [3.05, 3.63) is 30.1 Å². The molecule has 0 saturated carbocycles. The van der Waals surface area contributed by atoms with Crippen molar-refractivity contribution in [3.63, 3.8) is 0 Å². The highest BCUT2D eigenvalue weighted by atomic mass is 32.2. The second-order valence-corrected chi connectivity index (χ2v) is 5.85. The fourth-order valence-corrected chi connectivity index (χ4v) is 3.58. The van der Waals surface area contributed by atoms with Crippen LogP contribution in [0.2, 0.25) is 0 Å². The average molecular weight is 264 g/mol. The van der Waals surface area contributed by atoms with Gasteiger partial charge in [-0.1, -0.05) is 26.3 Å². The van der Waals surface area contributed by atoms with E-state index in [0.717, 1.165) is 25.1 Å². The lowest BCUT2D eigenvalue weighted by Gasteiger charge is -2.28. The molecule has 0 N–H and O–H groups in total. The number of hydrogen-bond acceptors (Lipinski definition) is 3. The van der Waals surface area contributed by atoms with Gasteiger partial charge < -0.3 is 4.90 Å². The van der Waals surface area contributed by atoms with Crippen molar-refractivity contribution >= 4 is 17.7 Å². The van der Waals surface area contributed by atoms with Crippen LogP contribution in [-0.4, -0.2) is 33.5 Å². The number of carbonyl (C=O) groups excluding carboxylic acids is 1. The summed E-state index contributed by atoms with van der Waals surface area (Å²) in [7, 11) is 0. The summed E-state index contributed by atoms with van der Waals surface area (Å²) in [5.74, 6) is 1.48. The number of hydrogen-bond donors (Lipinski definition) is 0. The van der Waals surface area contributed by atoms with Crippen LogP contribution < -0.4 is 0 Å². The highest BCUT2D eigenvalue weighted by Crippen LogP contribution is 2.32. The predicted molar refractivity (Wildman–Crippen MR) is 75.4 cm³/mol. The Morgan fingerprint density at radius 3 is 3.06 bits per heavy atom. The van der Waals surface area contributed by atoms with Gasteiger partial charge in [-0.15, -0.1) is 11.8 Å². The first kappa shape index (κ1) is 13.4. The molecule has 0 aliphatic carbocycles. The molecule has 1 aromatic heterocycles. The molecule has 0 bridgehead atoms. The third-order valence-corrected chi connectivity index (χ3v) is 4.95. The van der Waals surface area contributed by atoms with Crippen LogP contribution in [0, 0.1) is 5.92 Å². The zero-order chi connectivity index (χ0) is 13.0. The molecule has 3 nitrogen and oxygen atoms in total. The highest BCUT2D eigenvalue weighted by molar-refractivity contribution is 8.01. The minimum atomic E-state index is 0.279. The topological polar surface area (TPSA) is 33.2 Å². The van der Waals surface area contributed by atoms with Crippen molar-refractivity contribution < 1.29 is 4.79 Å². The average Bonchev–Trinajstić information content (AvgIpc) is 2.78. The third kappa shape index (κ3) is 3.05. The lowest BCUT2D eigenvalue weighted by atomic mass is 10.1. The molecule has 1 aliphatic heterocycles. The Kier molecular flexibility index (Phi) is 4.64. The van der Waals surface area contributed by atoms with Crippen molar-refractivity contribution in [2.75, 3.05) is 12.3 Å². The van der Waals surface area contributed by atoms with E-state index in [9.17, 15) is 4.79 Å². The lowest BCUT2D eigenvalue weighted by Crippen LogP contribution is -2.37.